The van der Waals surface area contributed by atoms with Gasteiger partial charge in [0.1, 0.15) is 6.10 Å². The van der Waals surface area contributed by atoms with Crippen LogP contribution in [0.2, 0.25) is 0 Å². The fourth-order valence-electron chi connectivity index (χ4n) is 8.54. The maximum absolute atomic E-state index is 13.0. The molecule has 0 aromatic heterocycles. The number of aliphatic hydroxyl groups excluding tert-OH is 1. The van der Waals surface area contributed by atoms with Gasteiger partial charge in [-0.3, -0.25) is 0 Å². The molecule has 4 saturated carbocycles. The number of rotatable bonds is 3. The Labute approximate surface area is 173 Å². The maximum atomic E-state index is 13.0. The standard InChI is InChI=1S/C24H39F3O2/c1-4-23(29)12-11-22(3)16(14-23)5-7-17-18-8-6-15(13-20(28)24(25,26)27)21(18,2)10-9-19(17)22/h15-20,28-29H,4-14H2,1-3H3/t15?,16?,17?,18?,19?,20?,21?,22-,23-/m0/s1. The summed E-state index contributed by atoms with van der Waals surface area (Å²) < 4.78 is 38.9. The summed E-state index contributed by atoms with van der Waals surface area (Å²) in [4.78, 5) is 0. The average molecular weight is 417 g/mol. The molecule has 0 saturated heterocycles. The lowest BCUT2D eigenvalue weighted by Gasteiger charge is -2.62. The summed E-state index contributed by atoms with van der Waals surface area (Å²) in [5.41, 5.74) is -0.281. The van der Waals surface area contributed by atoms with Crippen molar-refractivity contribution in [1.29, 1.82) is 0 Å². The minimum Gasteiger partial charge on any atom is -0.390 e. The van der Waals surface area contributed by atoms with Crippen molar-refractivity contribution < 1.29 is 23.4 Å². The van der Waals surface area contributed by atoms with Crippen molar-refractivity contribution in [1.82, 2.24) is 0 Å². The van der Waals surface area contributed by atoms with Crippen molar-refractivity contribution in [3.05, 3.63) is 0 Å². The van der Waals surface area contributed by atoms with E-state index < -0.39 is 17.9 Å². The van der Waals surface area contributed by atoms with E-state index in [1.54, 1.807) is 0 Å². The fraction of sp³-hybridized carbons (Fsp3) is 1.00. The lowest BCUT2D eigenvalue weighted by atomic mass is 9.43. The van der Waals surface area contributed by atoms with Gasteiger partial charge in [-0.15, -0.1) is 0 Å². The summed E-state index contributed by atoms with van der Waals surface area (Å²) in [5, 5.41) is 20.6. The first kappa shape index (κ1) is 21.9. The Morgan fingerprint density at radius 2 is 1.62 bits per heavy atom. The molecule has 168 valence electrons. The largest absolute Gasteiger partial charge is 0.414 e. The third kappa shape index (κ3) is 3.46. The molecule has 0 aromatic carbocycles. The molecule has 29 heavy (non-hydrogen) atoms. The number of halogens is 3. The number of alkyl halides is 3. The third-order valence-corrected chi connectivity index (χ3v) is 10.6. The average Bonchev–Trinajstić information content (AvgIpc) is 2.98. The van der Waals surface area contributed by atoms with Crippen LogP contribution in [0.15, 0.2) is 0 Å². The van der Waals surface area contributed by atoms with Crippen molar-refractivity contribution in [3.8, 4) is 0 Å². The minimum atomic E-state index is -4.50. The van der Waals surface area contributed by atoms with Gasteiger partial charge in [0.05, 0.1) is 5.60 Å². The molecule has 7 unspecified atom stereocenters. The Hall–Kier alpha value is -0.290. The van der Waals surface area contributed by atoms with Gasteiger partial charge in [0.25, 0.3) is 0 Å². The van der Waals surface area contributed by atoms with Gasteiger partial charge in [-0.05, 0) is 111 Å². The molecule has 2 nitrogen and oxygen atoms in total. The second-order valence-electron chi connectivity index (χ2n) is 11.6. The molecule has 4 aliphatic rings. The normalized spacial score (nSPS) is 51.1. The van der Waals surface area contributed by atoms with E-state index in [9.17, 15) is 23.4 Å². The fourth-order valence-corrected chi connectivity index (χ4v) is 8.54. The maximum Gasteiger partial charge on any atom is 0.414 e. The summed E-state index contributed by atoms with van der Waals surface area (Å²) in [5.74, 6) is 2.31. The van der Waals surface area contributed by atoms with Crippen LogP contribution < -0.4 is 0 Å². The van der Waals surface area contributed by atoms with Crippen molar-refractivity contribution in [2.45, 2.75) is 109 Å². The van der Waals surface area contributed by atoms with Crippen LogP contribution in [0.3, 0.4) is 0 Å². The molecule has 0 heterocycles. The zero-order valence-electron chi connectivity index (χ0n) is 18.3. The molecule has 0 aliphatic heterocycles. The summed E-state index contributed by atoms with van der Waals surface area (Å²) in [6.45, 7) is 6.76. The van der Waals surface area contributed by atoms with E-state index >= 15 is 0 Å². The molecule has 4 rings (SSSR count). The van der Waals surface area contributed by atoms with Crippen LogP contribution in [0.4, 0.5) is 13.2 Å². The molecule has 0 aromatic rings. The number of fused-ring (bicyclic) bond motifs is 5. The molecule has 0 radical (unpaired) electrons. The van der Waals surface area contributed by atoms with Crippen LogP contribution in [-0.4, -0.2) is 28.1 Å². The number of hydrogen-bond acceptors (Lipinski definition) is 2. The first-order valence-corrected chi connectivity index (χ1v) is 11.9. The van der Waals surface area contributed by atoms with E-state index in [1.165, 1.54) is 6.42 Å². The van der Waals surface area contributed by atoms with E-state index in [1.807, 2.05) is 0 Å². The van der Waals surface area contributed by atoms with Crippen LogP contribution in [0.1, 0.15) is 91.4 Å². The van der Waals surface area contributed by atoms with Gasteiger partial charge >= 0.3 is 6.18 Å². The molecule has 9 atom stereocenters. The highest BCUT2D eigenvalue weighted by atomic mass is 19.4. The highest BCUT2D eigenvalue weighted by Crippen LogP contribution is 2.68. The lowest BCUT2D eigenvalue weighted by molar-refractivity contribution is -0.212. The minimum absolute atomic E-state index is 0.0212. The van der Waals surface area contributed by atoms with Crippen molar-refractivity contribution in [3.63, 3.8) is 0 Å². The highest BCUT2D eigenvalue weighted by Gasteiger charge is 2.61. The Kier molecular flexibility index (Phi) is 5.38. The zero-order chi connectivity index (χ0) is 21.2. The van der Waals surface area contributed by atoms with Crippen molar-refractivity contribution >= 4 is 0 Å². The van der Waals surface area contributed by atoms with E-state index in [4.69, 9.17) is 0 Å². The molecule has 4 fully saturated rings. The third-order valence-electron chi connectivity index (χ3n) is 10.6. The predicted octanol–water partition coefficient (Wildman–Crippen LogP) is 6.10. The molecule has 4 aliphatic carbocycles. The summed E-state index contributed by atoms with van der Waals surface area (Å²) in [7, 11) is 0. The van der Waals surface area contributed by atoms with Gasteiger partial charge in [-0.1, -0.05) is 20.8 Å². The molecular weight excluding hydrogens is 377 g/mol. The lowest BCUT2D eigenvalue weighted by Crippen LogP contribution is -2.56. The SMILES string of the molecule is CC[C@]1(O)CC[C@@]2(C)C(CCC3C4CCC(CC(O)C(F)(F)F)C4(C)CCC32)C1. The Bertz CT molecular complexity index is 622. The quantitative estimate of drug-likeness (QED) is 0.584. The van der Waals surface area contributed by atoms with Gasteiger partial charge in [0, 0.05) is 0 Å². The van der Waals surface area contributed by atoms with E-state index in [-0.39, 0.29) is 23.2 Å². The van der Waals surface area contributed by atoms with Crippen LogP contribution in [0.25, 0.3) is 0 Å². The number of aliphatic hydroxyl groups is 2. The predicted molar refractivity (Wildman–Crippen MR) is 107 cm³/mol. The van der Waals surface area contributed by atoms with Crippen LogP contribution in [0, 0.1) is 40.4 Å². The molecule has 0 amide bonds. The zero-order valence-corrected chi connectivity index (χ0v) is 18.3. The molecule has 2 N–H and O–H groups in total. The first-order valence-electron chi connectivity index (χ1n) is 11.9. The van der Waals surface area contributed by atoms with Crippen molar-refractivity contribution in [2.75, 3.05) is 0 Å². The Morgan fingerprint density at radius 3 is 2.28 bits per heavy atom. The summed E-state index contributed by atoms with van der Waals surface area (Å²) in [6.07, 6.45) is 3.18. The first-order chi connectivity index (χ1) is 13.4. The van der Waals surface area contributed by atoms with Gasteiger partial charge in [0.2, 0.25) is 0 Å². The number of hydrogen-bond donors (Lipinski definition) is 2. The van der Waals surface area contributed by atoms with E-state index in [2.05, 4.69) is 20.8 Å². The summed E-state index contributed by atoms with van der Waals surface area (Å²) in [6, 6.07) is 0. The van der Waals surface area contributed by atoms with Crippen LogP contribution in [0.5, 0.6) is 0 Å². The van der Waals surface area contributed by atoms with E-state index in [0.29, 0.717) is 23.7 Å². The second kappa shape index (κ2) is 7.12. The Morgan fingerprint density at radius 1 is 0.931 bits per heavy atom. The topological polar surface area (TPSA) is 40.5 Å². The van der Waals surface area contributed by atoms with Gasteiger partial charge in [-0.2, -0.15) is 13.2 Å². The molecule has 0 bridgehead atoms. The van der Waals surface area contributed by atoms with Gasteiger partial charge in [0.15, 0.2) is 0 Å². The highest BCUT2D eigenvalue weighted by molar-refractivity contribution is 5.10. The Balaban J connectivity index is 1.51. The monoisotopic (exact) mass is 416 g/mol. The second-order valence-corrected chi connectivity index (χ2v) is 11.6. The molecule has 0 spiro atoms. The van der Waals surface area contributed by atoms with E-state index in [0.717, 1.165) is 57.8 Å². The van der Waals surface area contributed by atoms with Crippen molar-refractivity contribution in [2.24, 2.45) is 40.4 Å². The van der Waals surface area contributed by atoms with Gasteiger partial charge in [-0.25, -0.2) is 0 Å². The molecular formula is C24H39F3O2. The van der Waals surface area contributed by atoms with Crippen LogP contribution in [-0.2, 0) is 0 Å². The molecule has 5 heteroatoms. The van der Waals surface area contributed by atoms with Crippen LogP contribution >= 0.6 is 0 Å². The van der Waals surface area contributed by atoms with Gasteiger partial charge < -0.3 is 10.2 Å². The summed E-state index contributed by atoms with van der Waals surface area (Å²) >= 11 is 0. The smallest absolute Gasteiger partial charge is 0.390 e.